The Morgan fingerprint density at radius 1 is 0.674 bits per heavy atom. The minimum Gasteiger partial charge on any atom is -0.375 e. The molecule has 11 rings (SSSR count). The van der Waals surface area contributed by atoms with Crippen LogP contribution in [0.5, 0.6) is 0 Å². The summed E-state index contributed by atoms with van der Waals surface area (Å²) < 4.78 is 2.74. The number of anilines is 3. The molecule has 0 spiro atoms. The van der Waals surface area contributed by atoms with Gasteiger partial charge in [-0.15, -0.1) is 0 Å². The molecule has 200 valence electrons. The smallest absolute Gasteiger partial charge is 0.333 e. The Bertz CT molecular complexity index is 2430. The first-order valence-corrected chi connectivity index (χ1v) is 16.0. The standard InChI is InChI=1S/C39H25BN2S/c1-39(2)27-16-6-5-13-24(27)37-34(39)26-15-9-14-25-33-23-12-4-3-11-22(23)21-30-35(33)40(42(37)36(25)26)28-17-10-20-32-38(28)41(30)29-18-7-8-19-31(29)43-32/h3-21H,1-2H3. The monoisotopic (exact) mass is 564 g/mol. The Hall–Kier alpha value is -4.67. The third-order valence-electron chi connectivity index (χ3n) is 10.5. The fourth-order valence-corrected chi connectivity index (χ4v) is 10.0. The van der Waals surface area contributed by atoms with Crippen molar-refractivity contribution in [1.29, 1.82) is 0 Å². The zero-order valence-electron chi connectivity index (χ0n) is 23.8. The zero-order valence-corrected chi connectivity index (χ0v) is 24.7. The third kappa shape index (κ3) is 2.51. The molecule has 6 aromatic carbocycles. The number of hydrogen-bond donors (Lipinski definition) is 0. The molecule has 0 bridgehead atoms. The molecule has 0 N–H and O–H groups in total. The van der Waals surface area contributed by atoms with E-state index >= 15 is 0 Å². The van der Waals surface area contributed by atoms with Gasteiger partial charge >= 0.3 is 6.85 Å². The van der Waals surface area contributed by atoms with Crippen molar-refractivity contribution in [2.45, 2.75) is 29.1 Å². The molecule has 43 heavy (non-hydrogen) atoms. The molecule has 0 unspecified atom stereocenters. The van der Waals surface area contributed by atoms with Gasteiger partial charge in [0.15, 0.2) is 0 Å². The van der Waals surface area contributed by atoms with Crippen LogP contribution < -0.4 is 15.8 Å². The number of para-hydroxylation sites is 3. The van der Waals surface area contributed by atoms with Gasteiger partial charge in [-0.3, -0.25) is 0 Å². The predicted molar refractivity (Wildman–Crippen MR) is 182 cm³/mol. The quantitative estimate of drug-likeness (QED) is 0.170. The lowest BCUT2D eigenvalue weighted by atomic mass is 9.44. The van der Waals surface area contributed by atoms with Gasteiger partial charge in [-0.2, -0.15) is 0 Å². The summed E-state index contributed by atoms with van der Waals surface area (Å²) in [5.74, 6) is 0. The lowest BCUT2D eigenvalue weighted by Gasteiger charge is -2.44. The van der Waals surface area contributed by atoms with Gasteiger partial charge in [-0.25, -0.2) is 0 Å². The van der Waals surface area contributed by atoms with Crippen LogP contribution >= 0.6 is 11.8 Å². The van der Waals surface area contributed by atoms with E-state index in [1.54, 1.807) is 0 Å². The largest absolute Gasteiger partial charge is 0.375 e. The van der Waals surface area contributed by atoms with E-state index in [0.717, 1.165) is 0 Å². The van der Waals surface area contributed by atoms with Gasteiger partial charge in [-0.05, 0) is 62.7 Å². The number of benzene rings is 6. The van der Waals surface area contributed by atoms with Crippen LogP contribution in [0.2, 0.25) is 0 Å². The number of nitrogens with zero attached hydrogens (tertiary/aromatic N) is 2. The highest BCUT2D eigenvalue weighted by atomic mass is 32.2. The van der Waals surface area contributed by atoms with E-state index in [0.29, 0.717) is 0 Å². The highest BCUT2D eigenvalue weighted by Gasteiger charge is 2.49. The molecule has 0 amide bonds. The molecule has 7 aromatic rings. The molecular formula is C39H25BN2S. The fraction of sp³-hybridized carbons (Fsp3) is 0.0769. The van der Waals surface area contributed by atoms with E-state index in [9.17, 15) is 0 Å². The van der Waals surface area contributed by atoms with Gasteiger partial charge in [0.05, 0.1) is 11.4 Å². The van der Waals surface area contributed by atoms with E-state index in [1.807, 2.05) is 11.8 Å². The summed E-state index contributed by atoms with van der Waals surface area (Å²) in [6.45, 7) is 4.91. The van der Waals surface area contributed by atoms with Crippen LogP contribution in [0.1, 0.15) is 25.0 Å². The summed E-state index contributed by atoms with van der Waals surface area (Å²) >= 11 is 1.91. The van der Waals surface area contributed by atoms with Crippen LogP contribution in [0.15, 0.2) is 125 Å². The Kier molecular flexibility index (Phi) is 3.96. The molecule has 4 heterocycles. The lowest BCUT2D eigenvalue weighted by molar-refractivity contribution is 0.666. The first-order chi connectivity index (χ1) is 21.1. The van der Waals surface area contributed by atoms with E-state index in [4.69, 9.17) is 0 Å². The van der Waals surface area contributed by atoms with Crippen LogP contribution in [0, 0.1) is 0 Å². The van der Waals surface area contributed by atoms with Crippen molar-refractivity contribution >= 4 is 68.3 Å². The highest BCUT2D eigenvalue weighted by Crippen LogP contribution is 2.58. The summed E-state index contributed by atoms with van der Waals surface area (Å²) in [5.41, 5.74) is 16.4. The average Bonchev–Trinajstić information content (AvgIpc) is 3.51. The molecule has 0 saturated heterocycles. The maximum Gasteiger partial charge on any atom is 0.333 e. The summed E-state index contributed by atoms with van der Waals surface area (Å²) in [6, 6.07) is 43.5. The Morgan fingerprint density at radius 3 is 2.37 bits per heavy atom. The molecule has 3 aliphatic heterocycles. The number of hydrogen-bond acceptors (Lipinski definition) is 2. The predicted octanol–water partition coefficient (Wildman–Crippen LogP) is 8.98. The van der Waals surface area contributed by atoms with Gasteiger partial charge in [0.1, 0.15) is 0 Å². The van der Waals surface area contributed by atoms with Crippen LogP contribution in [0.25, 0.3) is 44.1 Å². The van der Waals surface area contributed by atoms with Gasteiger partial charge in [-0.1, -0.05) is 117 Å². The second-order valence-corrected chi connectivity index (χ2v) is 14.0. The summed E-state index contributed by atoms with van der Waals surface area (Å²) in [7, 11) is 0. The maximum absolute atomic E-state index is 2.74. The average molecular weight is 565 g/mol. The van der Waals surface area contributed by atoms with Gasteiger partial charge < -0.3 is 9.38 Å². The van der Waals surface area contributed by atoms with Gasteiger partial charge in [0.2, 0.25) is 0 Å². The molecular weight excluding hydrogens is 539 g/mol. The topological polar surface area (TPSA) is 8.17 Å². The minimum atomic E-state index is -0.0823. The molecule has 1 aromatic heterocycles. The van der Waals surface area contributed by atoms with Crippen molar-refractivity contribution in [3.8, 4) is 22.4 Å². The fourth-order valence-electron chi connectivity index (χ4n) is 8.91. The molecule has 4 aliphatic rings. The molecule has 4 heteroatoms. The Balaban J connectivity index is 1.39. The summed E-state index contributed by atoms with van der Waals surface area (Å²) in [5, 5.41) is 4.02. The number of fused-ring (bicyclic) bond motifs is 13. The zero-order chi connectivity index (χ0) is 28.2. The highest BCUT2D eigenvalue weighted by molar-refractivity contribution is 7.99. The van der Waals surface area contributed by atoms with E-state index in [2.05, 4.69) is 138 Å². The molecule has 0 atom stereocenters. The van der Waals surface area contributed by atoms with Crippen molar-refractivity contribution in [3.63, 3.8) is 0 Å². The van der Waals surface area contributed by atoms with Crippen molar-refractivity contribution < 1.29 is 0 Å². The third-order valence-corrected chi connectivity index (χ3v) is 11.6. The van der Waals surface area contributed by atoms with Crippen LogP contribution in [0.3, 0.4) is 0 Å². The van der Waals surface area contributed by atoms with Gasteiger partial charge in [0.25, 0.3) is 0 Å². The van der Waals surface area contributed by atoms with E-state index in [-0.39, 0.29) is 12.3 Å². The second kappa shape index (κ2) is 7.45. The molecule has 2 nitrogen and oxygen atoms in total. The molecule has 0 radical (unpaired) electrons. The van der Waals surface area contributed by atoms with Gasteiger partial charge in [0, 0.05) is 48.6 Å². The first kappa shape index (κ1) is 22.9. The van der Waals surface area contributed by atoms with Crippen molar-refractivity contribution in [2.75, 3.05) is 4.90 Å². The molecule has 0 saturated carbocycles. The normalized spacial score (nSPS) is 15.7. The minimum absolute atomic E-state index is 0.0785. The van der Waals surface area contributed by atoms with Crippen LogP contribution in [-0.2, 0) is 5.41 Å². The summed E-state index contributed by atoms with van der Waals surface area (Å²) in [4.78, 5) is 5.21. The van der Waals surface area contributed by atoms with Crippen molar-refractivity contribution in [3.05, 3.63) is 126 Å². The second-order valence-electron chi connectivity index (χ2n) is 12.9. The van der Waals surface area contributed by atoms with Crippen LogP contribution in [0.4, 0.5) is 17.1 Å². The number of aromatic nitrogens is 1. The maximum atomic E-state index is 2.74. The van der Waals surface area contributed by atoms with E-state index < -0.39 is 0 Å². The van der Waals surface area contributed by atoms with Crippen LogP contribution in [-0.4, -0.2) is 11.3 Å². The lowest BCUT2D eigenvalue weighted by Crippen LogP contribution is -2.57. The SMILES string of the molecule is CC1(C)c2ccccc2-c2c1c1cccc3c1n2B1c2cccc4c2N(c2ccccc2S4)c2cc4ccccc4c-3c21. The van der Waals surface area contributed by atoms with Crippen molar-refractivity contribution in [2.24, 2.45) is 0 Å². The Labute approximate surface area is 254 Å². The first-order valence-electron chi connectivity index (χ1n) is 15.2. The molecule has 1 aliphatic carbocycles. The van der Waals surface area contributed by atoms with Crippen molar-refractivity contribution in [1.82, 2.24) is 4.48 Å². The van der Waals surface area contributed by atoms with E-state index in [1.165, 1.54) is 93.0 Å². The number of rotatable bonds is 0. The Morgan fingerprint density at radius 2 is 1.42 bits per heavy atom. The molecule has 0 fully saturated rings. The summed E-state index contributed by atoms with van der Waals surface area (Å²) in [6.07, 6.45) is 0.